The maximum atomic E-state index is 11.5. The summed E-state index contributed by atoms with van der Waals surface area (Å²) in [5, 5.41) is 9.45. The van der Waals surface area contributed by atoms with Gasteiger partial charge in [0.25, 0.3) is 0 Å². The van der Waals surface area contributed by atoms with Crippen LogP contribution in [0.1, 0.15) is 36.0 Å². The highest BCUT2D eigenvalue weighted by molar-refractivity contribution is 5.96. The molecule has 5 heteroatoms. The van der Waals surface area contributed by atoms with E-state index in [2.05, 4.69) is 4.90 Å². The lowest BCUT2D eigenvalue weighted by molar-refractivity contribution is 0.0696. The van der Waals surface area contributed by atoms with Crippen molar-refractivity contribution in [2.45, 2.75) is 25.7 Å². The average Bonchev–Trinajstić information content (AvgIpc) is 2.93. The first-order valence-corrected chi connectivity index (χ1v) is 7.33. The van der Waals surface area contributed by atoms with Gasteiger partial charge in [0.05, 0.1) is 25.5 Å². The first-order chi connectivity index (χ1) is 10.1. The fraction of sp³-hybridized carbons (Fsp3) is 0.562. The molecule has 1 spiro atoms. The Hall–Kier alpha value is -1.91. The monoisotopic (exact) mass is 291 g/mol. The summed E-state index contributed by atoms with van der Waals surface area (Å²) in [7, 11) is 3.08. The molecule has 1 saturated carbocycles. The van der Waals surface area contributed by atoms with Gasteiger partial charge in [0, 0.05) is 30.6 Å². The van der Waals surface area contributed by atoms with Crippen molar-refractivity contribution in [3.63, 3.8) is 0 Å². The third-order valence-electron chi connectivity index (χ3n) is 4.79. The maximum absolute atomic E-state index is 11.5. The second-order valence-electron chi connectivity index (χ2n) is 6.09. The molecule has 1 aliphatic heterocycles. The number of hydrogen-bond donors (Lipinski definition) is 1. The minimum atomic E-state index is -0.932. The molecule has 0 radical (unpaired) electrons. The molecular weight excluding hydrogens is 270 g/mol. The summed E-state index contributed by atoms with van der Waals surface area (Å²) in [5.41, 5.74) is 1.43. The summed E-state index contributed by atoms with van der Waals surface area (Å²) in [5.74, 6) is 0.0953. The highest BCUT2D eigenvalue weighted by Crippen LogP contribution is 2.48. The Kier molecular flexibility index (Phi) is 3.43. The van der Waals surface area contributed by atoms with Crippen LogP contribution < -0.4 is 14.4 Å². The number of nitrogens with zero attached hydrogens (tertiary/aromatic N) is 1. The van der Waals surface area contributed by atoms with Crippen LogP contribution in [0.25, 0.3) is 0 Å². The number of ether oxygens (including phenoxy) is 2. The number of methoxy groups -OCH3 is 2. The molecule has 3 rings (SSSR count). The molecule has 1 heterocycles. The van der Waals surface area contributed by atoms with Crippen molar-refractivity contribution in [3.8, 4) is 11.5 Å². The summed E-state index contributed by atoms with van der Waals surface area (Å²) in [6.45, 7) is 1.89. The van der Waals surface area contributed by atoms with E-state index in [1.165, 1.54) is 32.8 Å². The van der Waals surface area contributed by atoms with E-state index >= 15 is 0 Å². The van der Waals surface area contributed by atoms with Crippen LogP contribution in [0.5, 0.6) is 11.5 Å². The van der Waals surface area contributed by atoms with Crippen LogP contribution in [-0.2, 0) is 0 Å². The van der Waals surface area contributed by atoms with E-state index in [1.54, 1.807) is 19.2 Å². The lowest BCUT2D eigenvalue weighted by Gasteiger charge is -2.50. The van der Waals surface area contributed by atoms with Crippen molar-refractivity contribution in [1.29, 1.82) is 0 Å². The van der Waals surface area contributed by atoms with Gasteiger partial charge in [-0.3, -0.25) is 0 Å². The zero-order valence-electron chi connectivity index (χ0n) is 12.5. The topological polar surface area (TPSA) is 59.0 Å². The van der Waals surface area contributed by atoms with Crippen LogP contribution in [0.3, 0.4) is 0 Å². The van der Waals surface area contributed by atoms with Crippen molar-refractivity contribution >= 4 is 11.7 Å². The summed E-state index contributed by atoms with van der Waals surface area (Å²) >= 11 is 0. The van der Waals surface area contributed by atoms with Crippen LogP contribution in [0.2, 0.25) is 0 Å². The van der Waals surface area contributed by atoms with Gasteiger partial charge in [-0.2, -0.15) is 0 Å². The van der Waals surface area contributed by atoms with Crippen LogP contribution in [-0.4, -0.2) is 38.4 Å². The van der Waals surface area contributed by atoms with Gasteiger partial charge in [0.1, 0.15) is 0 Å². The van der Waals surface area contributed by atoms with Gasteiger partial charge in [0.15, 0.2) is 11.5 Å². The van der Waals surface area contributed by atoms with Gasteiger partial charge in [-0.05, 0) is 12.8 Å². The maximum Gasteiger partial charge on any atom is 0.337 e. The van der Waals surface area contributed by atoms with Crippen LogP contribution >= 0.6 is 0 Å². The Balaban J connectivity index is 1.92. The molecule has 2 aliphatic rings. The molecule has 1 aromatic rings. The fourth-order valence-electron chi connectivity index (χ4n) is 3.68. The van der Waals surface area contributed by atoms with Crippen molar-refractivity contribution in [3.05, 3.63) is 17.7 Å². The molecule has 21 heavy (non-hydrogen) atoms. The zero-order valence-corrected chi connectivity index (χ0v) is 12.5. The van der Waals surface area contributed by atoms with Gasteiger partial charge in [-0.25, -0.2) is 4.79 Å². The number of carboxylic acid groups (broad SMARTS) is 1. The Bertz CT molecular complexity index is 556. The van der Waals surface area contributed by atoms with Crippen molar-refractivity contribution in [2.75, 3.05) is 32.2 Å². The number of benzene rings is 1. The SMILES string of the molecule is COc1cc(C(=O)O)c(N2CC3(CCCC3)C2)cc1OC. The van der Waals surface area contributed by atoms with Gasteiger partial charge in [-0.15, -0.1) is 0 Å². The van der Waals surface area contributed by atoms with Gasteiger partial charge >= 0.3 is 5.97 Å². The number of hydrogen-bond acceptors (Lipinski definition) is 4. The molecule has 0 bridgehead atoms. The minimum absolute atomic E-state index is 0.278. The highest BCUT2D eigenvalue weighted by Gasteiger charge is 2.45. The second kappa shape index (κ2) is 5.13. The fourth-order valence-corrected chi connectivity index (χ4v) is 3.68. The van der Waals surface area contributed by atoms with E-state index in [4.69, 9.17) is 9.47 Å². The predicted octanol–water partition coefficient (Wildman–Crippen LogP) is 2.78. The van der Waals surface area contributed by atoms with Crippen LogP contribution in [0, 0.1) is 5.41 Å². The quantitative estimate of drug-likeness (QED) is 0.924. The standard InChI is InChI=1S/C16H21NO4/c1-20-13-7-11(15(18)19)12(8-14(13)21-2)17-9-16(10-17)5-3-4-6-16/h7-8H,3-6,9-10H2,1-2H3,(H,18,19). The zero-order chi connectivity index (χ0) is 15.0. The van der Waals surface area contributed by atoms with E-state index in [1.807, 2.05) is 0 Å². The van der Waals surface area contributed by atoms with Gasteiger partial charge < -0.3 is 19.5 Å². The molecule has 1 saturated heterocycles. The van der Waals surface area contributed by atoms with E-state index in [-0.39, 0.29) is 5.56 Å². The van der Waals surface area contributed by atoms with E-state index in [0.29, 0.717) is 16.9 Å². The number of anilines is 1. The second-order valence-corrected chi connectivity index (χ2v) is 6.09. The largest absolute Gasteiger partial charge is 0.493 e. The summed E-state index contributed by atoms with van der Waals surface area (Å²) in [6, 6.07) is 3.33. The Morgan fingerprint density at radius 3 is 2.24 bits per heavy atom. The number of rotatable bonds is 4. The number of aromatic carboxylic acids is 1. The van der Waals surface area contributed by atoms with Crippen molar-refractivity contribution < 1.29 is 19.4 Å². The summed E-state index contributed by atoms with van der Waals surface area (Å²) in [4.78, 5) is 13.7. The lowest BCUT2D eigenvalue weighted by Crippen LogP contribution is -2.55. The third-order valence-corrected chi connectivity index (χ3v) is 4.79. The summed E-state index contributed by atoms with van der Waals surface area (Å²) < 4.78 is 10.5. The molecule has 1 aromatic carbocycles. The average molecular weight is 291 g/mol. The molecule has 0 atom stereocenters. The van der Waals surface area contributed by atoms with E-state index in [0.717, 1.165) is 18.8 Å². The van der Waals surface area contributed by atoms with Gasteiger partial charge in [0.2, 0.25) is 0 Å². The molecule has 1 aliphatic carbocycles. The molecule has 1 N–H and O–H groups in total. The molecule has 0 unspecified atom stereocenters. The number of carboxylic acids is 1. The summed E-state index contributed by atoms with van der Waals surface area (Å²) in [6.07, 6.45) is 5.12. The minimum Gasteiger partial charge on any atom is -0.493 e. The normalized spacial score (nSPS) is 19.4. The van der Waals surface area contributed by atoms with Crippen molar-refractivity contribution in [2.24, 2.45) is 5.41 Å². The molecule has 114 valence electrons. The number of carbonyl (C=O) groups is 1. The van der Waals surface area contributed by atoms with Crippen LogP contribution in [0.15, 0.2) is 12.1 Å². The van der Waals surface area contributed by atoms with E-state index in [9.17, 15) is 9.90 Å². The first-order valence-electron chi connectivity index (χ1n) is 7.33. The molecule has 0 aromatic heterocycles. The van der Waals surface area contributed by atoms with Gasteiger partial charge in [-0.1, -0.05) is 12.8 Å². The Morgan fingerprint density at radius 1 is 1.14 bits per heavy atom. The smallest absolute Gasteiger partial charge is 0.337 e. The van der Waals surface area contributed by atoms with Crippen LogP contribution in [0.4, 0.5) is 5.69 Å². The molecule has 2 fully saturated rings. The lowest BCUT2D eigenvalue weighted by atomic mass is 9.77. The molecule has 5 nitrogen and oxygen atoms in total. The molecule has 0 amide bonds. The first kappa shape index (κ1) is 14.0. The Labute approximate surface area is 124 Å². The third kappa shape index (κ3) is 2.30. The highest BCUT2D eigenvalue weighted by atomic mass is 16.5. The van der Waals surface area contributed by atoms with Crippen molar-refractivity contribution in [1.82, 2.24) is 0 Å². The van der Waals surface area contributed by atoms with E-state index < -0.39 is 5.97 Å². The Morgan fingerprint density at radius 2 is 1.71 bits per heavy atom. The molecular formula is C16H21NO4. The predicted molar refractivity (Wildman–Crippen MR) is 79.6 cm³/mol.